The molecular weight excluding hydrogens is 484 g/mol. The Balaban J connectivity index is 2.10. The summed E-state index contributed by atoms with van der Waals surface area (Å²) in [7, 11) is 0. The van der Waals surface area contributed by atoms with Gasteiger partial charge < -0.3 is 5.11 Å². The summed E-state index contributed by atoms with van der Waals surface area (Å²) in [5.41, 5.74) is 3.42. The zero-order valence-corrected chi connectivity index (χ0v) is 14.4. The van der Waals surface area contributed by atoms with Gasteiger partial charge >= 0.3 is 0 Å². The monoisotopic (exact) mass is 493 g/mol. The van der Waals surface area contributed by atoms with Gasteiger partial charge in [-0.15, -0.1) is 0 Å². The van der Waals surface area contributed by atoms with E-state index in [1.807, 2.05) is 28.7 Å². The van der Waals surface area contributed by atoms with Crippen molar-refractivity contribution in [2.75, 3.05) is 0 Å². The first kappa shape index (κ1) is 15.2. The minimum absolute atomic E-state index is 0.146. The van der Waals surface area contributed by atoms with Crippen molar-refractivity contribution in [2.24, 2.45) is 5.10 Å². The normalized spacial score (nSPS) is 10.7. The van der Waals surface area contributed by atoms with Crippen molar-refractivity contribution in [2.45, 2.75) is 0 Å². The molecule has 1 heterocycles. The van der Waals surface area contributed by atoms with Gasteiger partial charge in [0.25, 0.3) is 5.91 Å². The molecule has 102 valence electrons. The first-order valence-corrected chi connectivity index (χ1v) is 7.65. The maximum atomic E-state index is 11.7. The van der Waals surface area contributed by atoms with Crippen molar-refractivity contribution in [3.8, 4) is 5.75 Å². The Labute approximate surface area is 142 Å². The molecule has 0 bridgehead atoms. The Hall–Kier alpha value is -1.23. The number of benzene rings is 1. The molecule has 7 heteroatoms. The SMILES string of the molecule is O=C(NN=Cc1cc(I)cc(I)c1O)c1ccncc1. The molecule has 0 atom stereocenters. The number of hydrazone groups is 1. The lowest BCUT2D eigenvalue weighted by molar-refractivity contribution is 0.0955. The zero-order valence-electron chi connectivity index (χ0n) is 10.0. The highest BCUT2D eigenvalue weighted by Crippen LogP contribution is 2.25. The van der Waals surface area contributed by atoms with Crippen LogP contribution in [0.5, 0.6) is 5.75 Å². The van der Waals surface area contributed by atoms with Crippen LogP contribution in [-0.2, 0) is 0 Å². The van der Waals surface area contributed by atoms with Gasteiger partial charge in [0.1, 0.15) is 5.75 Å². The van der Waals surface area contributed by atoms with Crippen molar-refractivity contribution in [3.63, 3.8) is 0 Å². The van der Waals surface area contributed by atoms with Crippen LogP contribution in [0.4, 0.5) is 0 Å². The quantitative estimate of drug-likeness (QED) is 0.393. The third kappa shape index (κ3) is 3.88. The third-order valence-corrected chi connectivity index (χ3v) is 3.82. The summed E-state index contributed by atoms with van der Waals surface area (Å²) in [6, 6.07) is 6.82. The number of carbonyl (C=O) groups excluding carboxylic acids is 1. The number of carbonyl (C=O) groups is 1. The number of hydrogen-bond acceptors (Lipinski definition) is 4. The van der Waals surface area contributed by atoms with Crippen molar-refractivity contribution < 1.29 is 9.90 Å². The van der Waals surface area contributed by atoms with E-state index in [1.54, 1.807) is 18.2 Å². The largest absolute Gasteiger partial charge is 0.506 e. The van der Waals surface area contributed by atoms with E-state index in [2.05, 4.69) is 38.1 Å². The molecule has 0 aliphatic rings. The van der Waals surface area contributed by atoms with Crippen LogP contribution in [0.3, 0.4) is 0 Å². The van der Waals surface area contributed by atoms with Crippen LogP contribution in [0.1, 0.15) is 15.9 Å². The lowest BCUT2D eigenvalue weighted by atomic mass is 10.2. The Morgan fingerprint density at radius 1 is 1.30 bits per heavy atom. The van der Waals surface area contributed by atoms with Gasteiger partial charge in [-0.05, 0) is 69.4 Å². The molecule has 2 N–H and O–H groups in total. The molecule has 0 saturated heterocycles. The number of nitrogens with zero attached hydrogens (tertiary/aromatic N) is 2. The predicted molar refractivity (Wildman–Crippen MR) is 92.8 cm³/mol. The number of pyridine rings is 1. The van der Waals surface area contributed by atoms with Crippen molar-refractivity contribution in [3.05, 3.63) is 54.9 Å². The van der Waals surface area contributed by atoms with E-state index in [4.69, 9.17) is 0 Å². The molecule has 0 aliphatic carbocycles. The Morgan fingerprint density at radius 3 is 2.70 bits per heavy atom. The van der Waals surface area contributed by atoms with E-state index in [9.17, 15) is 9.90 Å². The minimum atomic E-state index is -0.330. The summed E-state index contributed by atoms with van der Waals surface area (Å²) in [4.78, 5) is 15.6. The Kier molecular flexibility index (Phi) is 5.29. The van der Waals surface area contributed by atoms with Crippen LogP contribution >= 0.6 is 45.2 Å². The van der Waals surface area contributed by atoms with E-state index < -0.39 is 0 Å². The summed E-state index contributed by atoms with van der Waals surface area (Å²) in [6.07, 6.45) is 4.48. The minimum Gasteiger partial charge on any atom is -0.506 e. The second-order valence-electron chi connectivity index (χ2n) is 3.76. The smallest absolute Gasteiger partial charge is 0.271 e. The second kappa shape index (κ2) is 6.97. The molecule has 0 saturated carbocycles. The molecule has 2 rings (SSSR count). The molecule has 2 aromatic rings. The maximum absolute atomic E-state index is 11.7. The summed E-state index contributed by atoms with van der Waals surface area (Å²) < 4.78 is 1.71. The van der Waals surface area contributed by atoms with Crippen molar-refractivity contribution in [1.29, 1.82) is 0 Å². The number of phenolic OH excluding ortho intramolecular Hbond substituents is 1. The van der Waals surface area contributed by atoms with Crippen LogP contribution in [0.15, 0.2) is 41.8 Å². The summed E-state index contributed by atoms with van der Waals surface area (Å²) in [5.74, 6) is -0.184. The van der Waals surface area contributed by atoms with E-state index in [0.717, 1.165) is 7.14 Å². The highest BCUT2D eigenvalue weighted by atomic mass is 127. The topological polar surface area (TPSA) is 74.6 Å². The van der Waals surface area contributed by atoms with E-state index >= 15 is 0 Å². The first-order chi connectivity index (χ1) is 9.58. The molecule has 20 heavy (non-hydrogen) atoms. The second-order valence-corrected chi connectivity index (χ2v) is 6.17. The van der Waals surface area contributed by atoms with E-state index in [-0.39, 0.29) is 11.7 Å². The lowest BCUT2D eigenvalue weighted by Crippen LogP contribution is -2.17. The molecule has 5 nitrogen and oxygen atoms in total. The fourth-order valence-corrected chi connectivity index (χ4v) is 3.30. The highest BCUT2D eigenvalue weighted by molar-refractivity contribution is 14.1. The van der Waals surface area contributed by atoms with Crippen LogP contribution < -0.4 is 5.43 Å². The maximum Gasteiger partial charge on any atom is 0.271 e. The molecule has 1 amide bonds. The molecule has 0 unspecified atom stereocenters. The van der Waals surface area contributed by atoms with Gasteiger partial charge in [-0.3, -0.25) is 9.78 Å². The number of halogens is 2. The Bertz CT molecular complexity index is 660. The molecule has 0 spiro atoms. The fourth-order valence-electron chi connectivity index (χ4n) is 1.41. The number of hydrogen-bond donors (Lipinski definition) is 2. The van der Waals surface area contributed by atoms with Gasteiger partial charge in [0.2, 0.25) is 0 Å². The molecule has 0 radical (unpaired) electrons. The summed E-state index contributed by atoms with van der Waals surface area (Å²) >= 11 is 4.19. The highest BCUT2D eigenvalue weighted by Gasteiger charge is 2.06. The molecule has 1 aromatic heterocycles. The number of aromatic hydroxyl groups is 1. The van der Waals surface area contributed by atoms with Crippen LogP contribution in [0.25, 0.3) is 0 Å². The predicted octanol–water partition coefficient (Wildman–Crippen LogP) is 2.76. The lowest BCUT2D eigenvalue weighted by Gasteiger charge is -2.03. The summed E-state index contributed by atoms with van der Waals surface area (Å²) in [6.45, 7) is 0. The van der Waals surface area contributed by atoms with Gasteiger partial charge in [-0.25, -0.2) is 5.43 Å². The zero-order chi connectivity index (χ0) is 14.5. The molecule has 0 fully saturated rings. The third-order valence-electron chi connectivity index (χ3n) is 2.37. The Morgan fingerprint density at radius 2 is 2.00 bits per heavy atom. The van der Waals surface area contributed by atoms with Crippen LogP contribution in [0, 0.1) is 7.14 Å². The van der Waals surface area contributed by atoms with Gasteiger partial charge in [0, 0.05) is 27.1 Å². The van der Waals surface area contributed by atoms with E-state index in [1.165, 1.54) is 18.6 Å². The fraction of sp³-hybridized carbons (Fsp3) is 0. The van der Waals surface area contributed by atoms with Crippen LogP contribution in [-0.4, -0.2) is 22.2 Å². The number of amides is 1. The van der Waals surface area contributed by atoms with Crippen LogP contribution in [0.2, 0.25) is 0 Å². The number of nitrogens with one attached hydrogen (secondary N) is 1. The average Bonchev–Trinajstić information content (AvgIpc) is 2.44. The molecular formula is C13H9I2N3O2. The molecule has 0 aliphatic heterocycles. The van der Waals surface area contributed by atoms with Crippen molar-refractivity contribution >= 4 is 57.3 Å². The van der Waals surface area contributed by atoms with Gasteiger partial charge in [0.05, 0.1) is 9.78 Å². The standard InChI is InChI=1S/C13H9I2N3O2/c14-10-5-9(12(19)11(15)6-10)7-17-18-13(20)8-1-3-16-4-2-8/h1-7,19H,(H,18,20). The van der Waals surface area contributed by atoms with Crippen molar-refractivity contribution in [1.82, 2.24) is 10.4 Å². The average molecular weight is 493 g/mol. The van der Waals surface area contributed by atoms with E-state index in [0.29, 0.717) is 11.1 Å². The molecule has 1 aromatic carbocycles. The first-order valence-electron chi connectivity index (χ1n) is 5.49. The van der Waals surface area contributed by atoms with Gasteiger partial charge in [-0.2, -0.15) is 5.10 Å². The summed E-state index contributed by atoms with van der Waals surface area (Å²) in [5, 5.41) is 13.7. The number of rotatable bonds is 3. The number of aromatic nitrogens is 1. The van der Waals surface area contributed by atoms with Gasteiger partial charge in [-0.1, -0.05) is 0 Å². The number of phenols is 1. The van der Waals surface area contributed by atoms with Gasteiger partial charge in [0.15, 0.2) is 0 Å².